The van der Waals surface area contributed by atoms with Crippen LogP contribution in [0.25, 0.3) is 0 Å². The fraction of sp³-hybridized carbons (Fsp3) is 0.375. The number of primary amides is 1. The van der Waals surface area contributed by atoms with E-state index in [4.69, 9.17) is 11.0 Å². The molecular formula is C8H12N4O2. The van der Waals surface area contributed by atoms with Gasteiger partial charge in [0.05, 0.1) is 0 Å². The van der Waals surface area contributed by atoms with Crippen molar-refractivity contribution in [3.63, 3.8) is 0 Å². The van der Waals surface area contributed by atoms with Crippen LogP contribution in [0.2, 0.25) is 0 Å². The number of hydrogen-bond donors (Lipinski definition) is 3. The monoisotopic (exact) mass is 196 g/mol. The van der Waals surface area contributed by atoms with E-state index in [-0.39, 0.29) is 5.57 Å². The van der Waals surface area contributed by atoms with Gasteiger partial charge < -0.3 is 16.4 Å². The molecule has 14 heavy (non-hydrogen) atoms. The molecule has 0 fully saturated rings. The van der Waals surface area contributed by atoms with Crippen LogP contribution >= 0.6 is 0 Å². The van der Waals surface area contributed by atoms with E-state index in [2.05, 4.69) is 10.6 Å². The van der Waals surface area contributed by atoms with Crippen LogP contribution in [0.3, 0.4) is 0 Å². The average Bonchev–Trinajstić information content (AvgIpc) is 2.15. The quantitative estimate of drug-likeness (QED) is 0.420. The second kappa shape index (κ2) is 6.48. The summed E-state index contributed by atoms with van der Waals surface area (Å²) in [7, 11) is 0. The Hall–Kier alpha value is -2.03. The highest BCUT2D eigenvalue weighted by molar-refractivity contribution is 5.96. The smallest absolute Gasteiger partial charge is 0.318 e. The Morgan fingerprint density at radius 1 is 1.57 bits per heavy atom. The van der Waals surface area contributed by atoms with E-state index in [1.54, 1.807) is 6.07 Å². The van der Waals surface area contributed by atoms with Gasteiger partial charge in [-0.2, -0.15) is 5.26 Å². The van der Waals surface area contributed by atoms with Gasteiger partial charge in [-0.15, -0.1) is 0 Å². The molecule has 0 heterocycles. The molecule has 0 aromatic heterocycles. The highest BCUT2D eigenvalue weighted by Crippen LogP contribution is 1.86. The highest BCUT2D eigenvalue weighted by atomic mass is 16.2. The van der Waals surface area contributed by atoms with Crippen LogP contribution in [0.4, 0.5) is 4.79 Å². The first kappa shape index (κ1) is 12.0. The van der Waals surface area contributed by atoms with E-state index in [9.17, 15) is 9.59 Å². The maximum absolute atomic E-state index is 10.9. The SMILES string of the molecule is CCCNC(=O)NC=C(C#N)C(N)=O. The molecule has 6 heteroatoms. The summed E-state index contributed by atoms with van der Waals surface area (Å²) in [5.74, 6) is -0.872. The van der Waals surface area contributed by atoms with Crippen LogP contribution in [0.1, 0.15) is 13.3 Å². The van der Waals surface area contributed by atoms with Crippen molar-refractivity contribution in [1.29, 1.82) is 5.26 Å². The molecule has 0 saturated heterocycles. The lowest BCUT2D eigenvalue weighted by atomic mass is 10.3. The van der Waals surface area contributed by atoms with E-state index in [0.29, 0.717) is 6.54 Å². The molecule has 0 bridgehead atoms. The summed E-state index contributed by atoms with van der Waals surface area (Å²) >= 11 is 0. The van der Waals surface area contributed by atoms with Gasteiger partial charge in [-0.05, 0) is 6.42 Å². The molecule has 0 atom stereocenters. The molecule has 6 nitrogen and oxygen atoms in total. The minimum atomic E-state index is -0.872. The predicted molar refractivity (Wildman–Crippen MR) is 49.7 cm³/mol. The fourth-order valence-electron chi connectivity index (χ4n) is 0.586. The van der Waals surface area contributed by atoms with Gasteiger partial charge in [0, 0.05) is 12.7 Å². The van der Waals surface area contributed by atoms with Crippen LogP contribution in [0.15, 0.2) is 11.8 Å². The van der Waals surface area contributed by atoms with Crippen LogP contribution in [0, 0.1) is 11.3 Å². The molecule has 0 aliphatic carbocycles. The molecule has 0 aromatic carbocycles. The topological polar surface area (TPSA) is 108 Å². The number of nitrogens with zero attached hydrogens (tertiary/aromatic N) is 1. The maximum atomic E-state index is 10.9. The summed E-state index contributed by atoms with van der Waals surface area (Å²) in [6.45, 7) is 2.43. The molecule has 0 aliphatic rings. The summed E-state index contributed by atoms with van der Waals surface area (Å²) in [6.07, 6.45) is 1.78. The van der Waals surface area contributed by atoms with Crippen molar-refractivity contribution in [1.82, 2.24) is 10.6 Å². The van der Waals surface area contributed by atoms with Gasteiger partial charge in [0.1, 0.15) is 11.6 Å². The summed E-state index contributed by atoms with van der Waals surface area (Å²) in [6, 6.07) is 1.09. The van der Waals surface area contributed by atoms with E-state index < -0.39 is 11.9 Å². The zero-order chi connectivity index (χ0) is 11.0. The zero-order valence-corrected chi connectivity index (χ0v) is 7.83. The van der Waals surface area contributed by atoms with Crippen LogP contribution in [-0.4, -0.2) is 18.5 Å². The molecule has 3 amide bonds. The number of carbonyl (C=O) groups excluding carboxylic acids is 2. The number of nitrogens with two attached hydrogens (primary N) is 1. The summed E-state index contributed by atoms with van der Waals surface area (Å²) in [4.78, 5) is 21.4. The first-order chi connectivity index (χ1) is 6.61. The van der Waals surface area contributed by atoms with Gasteiger partial charge in [-0.25, -0.2) is 4.79 Å². The molecule has 76 valence electrons. The second-order valence-corrected chi connectivity index (χ2v) is 2.43. The average molecular weight is 196 g/mol. The number of urea groups is 1. The van der Waals surface area contributed by atoms with E-state index in [0.717, 1.165) is 12.6 Å². The fourth-order valence-corrected chi connectivity index (χ4v) is 0.586. The number of hydrogen-bond acceptors (Lipinski definition) is 3. The van der Waals surface area contributed by atoms with E-state index in [1.807, 2.05) is 6.92 Å². The first-order valence-corrected chi connectivity index (χ1v) is 4.06. The Kier molecular flexibility index (Phi) is 5.54. The van der Waals surface area contributed by atoms with Gasteiger partial charge in [0.15, 0.2) is 0 Å². The van der Waals surface area contributed by atoms with Gasteiger partial charge in [0.25, 0.3) is 5.91 Å². The molecule has 0 unspecified atom stereocenters. The minimum absolute atomic E-state index is 0.295. The minimum Gasteiger partial charge on any atom is -0.365 e. The normalized spacial score (nSPS) is 10.1. The van der Waals surface area contributed by atoms with E-state index >= 15 is 0 Å². The van der Waals surface area contributed by atoms with Crippen LogP contribution in [0.5, 0.6) is 0 Å². The number of nitrogens with one attached hydrogen (secondary N) is 2. The molecule has 0 saturated carbocycles. The largest absolute Gasteiger partial charge is 0.365 e. The Labute approximate surface area is 81.8 Å². The number of nitriles is 1. The zero-order valence-electron chi connectivity index (χ0n) is 7.83. The molecular weight excluding hydrogens is 184 g/mol. The van der Waals surface area contributed by atoms with Crippen LogP contribution < -0.4 is 16.4 Å². The number of amides is 3. The molecule has 4 N–H and O–H groups in total. The molecule has 0 spiro atoms. The summed E-state index contributed by atoms with van der Waals surface area (Å²) in [5.41, 5.74) is 4.54. The predicted octanol–water partition coefficient (Wildman–Crippen LogP) is -0.412. The Morgan fingerprint density at radius 3 is 2.64 bits per heavy atom. The molecule has 0 aliphatic heterocycles. The highest BCUT2D eigenvalue weighted by Gasteiger charge is 2.03. The van der Waals surface area contributed by atoms with Crippen molar-refractivity contribution in [2.45, 2.75) is 13.3 Å². The van der Waals surface area contributed by atoms with Crippen LogP contribution in [-0.2, 0) is 4.79 Å². The lowest BCUT2D eigenvalue weighted by molar-refractivity contribution is -0.114. The standard InChI is InChI=1S/C8H12N4O2/c1-2-3-11-8(14)12-5-6(4-9)7(10)13/h5H,2-3H2,1H3,(H2,10,13)(H2,11,12,14). The van der Waals surface area contributed by atoms with Gasteiger partial charge in [-0.3, -0.25) is 4.79 Å². The van der Waals surface area contributed by atoms with E-state index in [1.165, 1.54) is 0 Å². The number of rotatable bonds is 4. The summed E-state index contributed by atoms with van der Waals surface area (Å²) < 4.78 is 0. The Balaban J connectivity index is 4.07. The van der Waals surface area contributed by atoms with Crippen molar-refractivity contribution in [3.8, 4) is 6.07 Å². The third kappa shape index (κ3) is 4.77. The first-order valence-electron chi connectivity index (χ1n) is 4.06. The van der Waals surface area contributed by atoms with Crippen molar-refractivity contribution in [2.75, 3.05) is 6.54 Å². The molecule has 0 rings (SSSR count). The third-order valence-electron chi connectivity index (χ3n) is 1.27. The second-order valence-electron chi connectivity index (χ2n) is 2.43. The third-order valence-corrected chi connectivity index (χ3v) is 1.27. The van der Waals surface area contributed by atoms with Gasteiger partial charge in [0.2, 0.25) is 0 Å². The number of carbonyl (C=O) groups is 2. The van der Waals surface area contributed by atoms with Crippen molar-refractivity contribution in [2.24, 2.45) is 5.73 Å². The lowest BCUT2D eigenvalue weighted by Gasteiger charge is -2.01. The summed E-state index contributed by atoms with van der Waals surface area (Å²) in [5, 5.41) is 13.1. The maximum Gasteiger partial charge on any atom is 0.318 e. The molecule has 0 aromatic rings. The van der Waals surface area contributed by atoms with Crippen molar-refractivity contribution >= 4 is 11.9 Å². The van der Waals surface area contributed by atoms with Crippen molar-refractivity contribution < 1.29 is 9.59 Å². The Bertz CT molecular complexity index is 290. The Morgan fingerprint density at radius 2 is 2.21 bits per heavy atom. The van der Waals surface area contributed by atoms with Crippen molar-refractivity contribution in [3.05, 3.63) is 11.8 Å². The van der Waals surface area contributed by atoms with Gasteiger partial charge in [-0.1, -0.05) is 6.92 Å². The molecule has 0 radical (unpaired) electrons. The lowest BCUT2D eigenvalue weighted by Crippen LogP contribution is -2.33. The van der Waals surface area contributed by atoms with Gasteiger partial charge >= 0.3 is 6.03 Å².